The van der Waals surface area contributed by atoms with Crippen LogP contribution in [0.1, 0.15) is 45.4 Å². The normalized spacial score (nSPS) is 16.4. The number of rotatable bonds is 10. The molecule has 20 heavy (non-hydrogen) atoms. The Morgan fingerprint density at radius 3 is 2.15 bits per heavy atom. The molecule has 0 saturated carbocycles. The van der Waals surface area contributed by atoms with E-state index >= 15 is 0 Å². The quantitative estimate of drug-likeness (QED) is 0.196. The van der Waals surface area contributed by atoms with Crippen LogP contribution in [0.2, 0.25) is 0 Å². The van der Waals surface area contributed by atoms with Crippen molar-refractivity contribution in [3.63, 3.8) is 0 Å². The van der Waals surface area contributed by atoms with E-state index in [4.69, 9.17) is 9.81 Å². The predicted molar refractivity (Wildman–Crippen MR) is 69.4 cm³/mol. The molecule has 8 nitrogen and oxygen atoms in total. The molecule has 0 aliphatic heterocycles. The van der Waals surface area contributed by atoms with Gasteiger partial charge in [-0.05, 0) is 19.8 Å². The van der Waals surface area contributed by atoms with E-state index in [0.29, 0.717) is 25.7 Å². The van der Waals surface area contributed by atoms with Crippen molar-refractivity contribution in [3.05, 3.63) is 0 Å². The monoisotopic (exact) mass is 314 g/mol. The molecule has 0 aliphatic carbocycles. The van der Waals surface area contributed by atoms with Crippen molar-refractivity contribution in [3.8, 4) is 0 Å². The smallest absolute Gasteiger partial charge is 0.342 e. The van der Waals surface area contributed by atoms with Crippen molar-refractivity contribution in [2.24, 2.45) is 0 Å². The minimum Gasteiger partial charge on any atom is -0.391 e. The molecular formula is C11H22O8S. The maximum absolute atomic E-state index is 11.1. The Bertz CT molecular complexity index is 378. The van der Waals surface area contributed by atoms with E-state index < -0.39 is 33.5 Å². The van der Waals surface area contributed by atoms with Gasteiger partial charge in [-0.2, -0.15) is 13.7 Å². The Balaban J connectivity index is 4.08. The van der Waals surface area contributed by atoms with E-state index in [1.807, 2.05) is 0 Å². The number of hydrogen-bond acceptors (Lipinski definition) is 7. The second kappa shape index (κ2) is 9.24. The molecule has 9 heteroatoms. The van der Waals surface area contributed by atoms with E-state index in [2.05, 4.69) is 4.89 Å². The van der Waals surface area contributed by atoms with Crippen LogP contribution >= 0.6 is 0 Å². The first-order chi connectivity index (χ1) is 9.20. The zero-order valence-corrected chi connectivity index (χ0v) is 12.1. The second-order valence-electron chi connectivity index (χ2n) is 4.70. The van der Waals surface area contributed by atoms with Gasteiger partial charge in [-0.15, -0.1) is 0 Å². The number of carbonyl (C=O) groups is 1. The summed E-state index contributed by atoms with van der Waals surface area (Å²) in [4.78, 5) is 14.1. The van der Waals surface area contributed by atoms with Gasteiger partial charge in [0.25, 0.3) is 10.1 Å². The fourth-order valence-electron chi connectivity index (χ4n) is 1.82. The Labute approximate surface area is 118 Å². The fourth-order valence-corrected chi connectivity index (χ4v) is 2.86. The lowest BCUT2D eigenvalue weighted by molar-refractivity contribution is -0.234. The minimum atomic E-state index is -4.44. The third-order valence-electron chi connectivity index (χ3n) is 2.98. The Kier molecular flexibility index (Phi) is 8.90. The highest BCUT2D eigenvalue weighted by Gasteiger charge is 2.33. The lowest BCUT2D eigenvalue weighted by atomic mass is 10.0. The highest BCUT2D eigenvalue weighted by Crippen LogP contribution is 2.17. The lowest BCUT2D eigenvalue weighted by Crippen LogP contribution is -2.40. The summed E-state index contributed by atoms with van der Waals surface area (Å²) in [5.41, 5.74) is 0. The van der Waals surface area contributed by atoms with Crippen molar-refractivity contribution in [1.82, 2.24) is 0 Å². The third kappa shape index (κ3) is 7.75. The summed E-state index contributed by atoms with van der Waals surface area (Å²) in [5, 5.41) is 25.3. The first-order valence-electron chi connectivity index (χ1n) is 6.36. The van der Waals surface area contributed by atoms with Gasteiger partial charge < -0.3 is 15.1 Å². The van der Waals surface area contributed by atoms with Crippen LogP contribution in [-0.2, 0) is 19.8 Å². The maximum Gasteiger partial charge on any atom is 0.342 e. The third-order valence-corrected chi connectivity index (χ3v) is 4.26. The molecule has 120 valence electrons. The lowest BCUT2D eigenvalue weighted by Gasteiger charge is -2.22. The highest BCUT2D eigenvalue weighted by molar-refractivity contribution is 7.86. The van der Waals surface area contributed by atoms with E-state index in [1.54, 1.807) is 0 Å². The molecule has 0 radical (unpaired) electrons. The molecular weight excluding hydrogens is 292 g/mol. The van der Waals surface area contributed by atoms with Gasteiger partial charge in [0.05, 0.1) is 12.2 Å². The molecule has 0 aliphatic rings. The number of unbranched alkanes of at least 4 members (excludes halogenated alkanes) is 3. The van der Waals surface area contributed by atoms with Crippen LogP contribution in [-0.4, -0.2) is 51.9 Å². The van der Waals surface area contributed by atoms with Gasteiger partial charge in [0.1, 0.15) is 5.25 Å². The van der Waals surface area contributed by atoms with Gasteiger partial charge in [-0.1, -0.05) is 19.3 Å². The molecule has 0 heterocycles. The zero-order chi connectivity index (χ0) is 15.8. The zero-order valence-electron chi connectivity index (χ0n) is 11.3. The average Bonchev–Trinajstić information content (AvgIpc) is 2.35. The van der Waals surface area contributed by atoms with Gasteiger partial charge in [-0.25, -0.2) is 4.79 Å². The summed E-state index contributed by atoms with van der Waals surface area (Å²) in [6.45, 7) is 1.24. The van der Waals surface area contributed by atoms with Gasteiger partial charge in [0.15, 0.2) is 0 Å². The summed E-state index contributed by atoms with van der Waals surface area (Å²) in [6, 6.07) is 0. The van der Waals surface area contributed by atoms with Crippen molar-refractivity contribution in [2.75, 3.05) is 0 Å². The number of aliphatic hydroxyl groups excluding tert-OH is 2. The van der Waals surface area contributed by atoms with E-state index in [9.17, 15) is 23.4 Å². The van der Waals surface area contributed by atoms with Gasteiger partial charge in [-0.3, -0.25) is 4.55 Å². The summed E-state index contributed by atoms with van der Waals surface area (Å²) in [6.07, 6.45) is -0.660. The summed E-state index contributed by atoms with van der Waals surface area (Å²) < 4.78 is 31.3. The van der Waals surface area contributed by atoms with E-state index in [1.165, 1.54) is 6.92 Å². The molecule has 3 atom stereocenters. The average molecular weight is 314 g/mol. The standard InChI is InChI=1S/C11H22O8S/c1-8(12)11(14)9(20(16,17)18)6-4-2-3-5-7-10(13)19-15/h8-9,11-12,14-15H,2-7H2,1H3,(H,16,17,18). The van der Waals surface area contributed by atoms with Crippen molar-refractivity contribution in [1.29, 1.82) is 0 Å². The molecule has 0 bridgehead atoms. The Hall–Kier alpha value is -0.740. The Morgan fingerprint density at radius 1 is 1.15 bits per heavy atom. The summed E-state index contributed by atoms with van der Waals surface area (Å²) >= 11 is 0. The van der Waals surface area contributed by atoms with Crippen LogP contribution in [0.5, 0.6) is 0 Å². The highest BCUT2D eigenvalue weighted by atomic mass is 32.2. The molecule has 0 aromatic carbocycles. The van der Waals surface area contributed by atoms with E-state index in [-0.39, 0.29) is 12.8 Å². The minimum absolute atomic E-state index is 0.00927. The Morgan fingerprint density at radius 2 is 1.70 bits per heavy atom. The predicted octanol–water partition coefficient (Wildman–Crippen LogP) is 0.341. The van der Waals surface area contributed by atoms with Gasteiger partial charge >= 0.3 is 5.97 Å². The van der Waals surface area contributed by atoms with Crippen molar-refractivity contribution in [2.45, 2.75) is 62.9 Å². The fraction of sp³-hybridized carbons (Fsp3) is 0.909. The van der Waals surface area contributed by atoms with Crippen LogP contribution in [0.25, 0.3) is 0 Å². The molecule has 4 N–H and O–H groups in total. The summed E-state index contributed by atoms with van der Waals surface area (Å²) in [5.74, 6) is -0.731. The topological polar surface area (TPSA) is 141 Å². The molecule has 0 saturated heterocycles. The van der Waals surface area contributed by atoms with Crippen molar-refractivity contribution >= 4 is 16.1 Å². The largest absolute Gasteiger partial charge is 0.391 e. The number of aliphatic hydroxyl groups is 2. The van der Waals surface area contributed by atoms with Crippen molar-refractivity contribution < 1.29 is 38.1 Å². The summed E-state index contributed by atoms with van der Waals surface area (Å²) in [7, 11) is -4.44. The van der Waals surface area contributed by atoms with Crippen LogP contribution in [0.4, 0.5) is 0 Å². The maximum atomic E-state index is 11.1. The van der Waals surface area contributed by atoms with Crippen LogP contribution < -0.4 is 0 Å². The number of carbonyl (C=O) groups excluding carboxylic acids is 1. The van der Waals surface area contributed by atoms with Gasteiger partial charge in [0.2, 0.25) is 0 Å². The molecule has 0 spiro atoms. The van der Waals surface area contributed by atoms with Crippen LogP contribution in [0.3, 0.4) is 0 Å². The van der Waals surface area contributed by atoms with Crippen LogP contribution in [0, 0.1) is 0 Å². The van der Waals surface area contributed by atoms with E-state index in [0.717, 1.165) is 0 Å². The van der Waals surface area contributed by atoms with Crippen LogP contribution in [0.15, 0.2) is 0 Å². The molecule has 0 fully saturated rings. The molecule has 3 unspecified atom stereocenters. The second-order valence-corrected chi connectivity index (χ2v) is 6.34. The number of hydrogen-bond donors (Lipinski definition) is 4. The SMILES string of the molecule is CC(O)C(O)C(CCCCCCC(=O)OO)S(=O)(=O)O. The molecule has 0 aromatic rings. The first-order valence-corrected chi connectivity index (χ1v) is 7.87. The molecule has 0 rings (SSSR count). The first kappa shape index (κ1) is 19.3. The molecule has 0 aromatic heterocycles. The van der Waals surface area contributed by atoms with Gasteiger partial charge in [0, 0.05) is 6.42 Å². The molecule has 0 amide bonds.